The molecule has 7 nitrogen and oxygen atoms in total. The predicted octanol–water partition coefficient (Wildman–Crippen LogP) is 3.72. The normalized spacial score (nSPS) is 15.4. The summed E-state index contributed by atoms with van der Waals surface area (Å²) in [6.07, 6.45) is 5.22. The molecular weight excluding hydrogens is 431 g/mol. The summed E-state index contributed by atoms with van der Waals surface area (Å²) in [5.41, 5.74) is 5.05. The number of H-pyrrole nitrogens is 1. The minimum atomic E-state index is -0.442. The molecule has 8 heteroatoms. The summed E-state index contributed by atoms with van der Waals surface area (Å²) in [6, 6.07) is 15.4. The molecule has 2 aromatic carbocycles. The van der Waals surface area contributed by atoms with Crippen LogP contribution in [0, 0.1) is 12.7 Å². The first-order chi connectivity index (χ1) is 16.7. The summed E-state index contributed by atoms with van der Waals surface area (Å²) in [6.45, 7) is 4.92. The van der Waals surface area contributed by atoms with Crippen molar-refractivity contribution in [3.63, 3.8) is 0 Å². The first kappa shape index (κ1) is 22.2. The zero-order valence-corrected chi connectivity index (χ0v) is 19.0. The van der Waals surface area contributed by atoms with Crippen molar-refractivity contribution in [2.45, 2.75) is 19.6 Å². The largest absolute Gasteiger partial charge is 0.392 e. The molecule has 2 N–H and O–H groups in total. The second kappa shape index (κ2) is 9.70. The summed E-state index contributed by atoms with van der Waals surface area (Å²) in [5, 5.41) is 16.6. The van der Waals surface area contributed by atoms with Gasteiger partial charge in [-0.15, -0.1) is 0 Å². The van der Waals surface area contributed by atoms with Crippen LogP contribution >= 0.6 is 0 Å². The number of aliphatic hydroxyl groups excluding tert-OH is 1. The van der Waals surface area contributed by atoms with Gasteiger partial charge in [0, 0.05) is 61.0 Å². The predicted molar refractivity (Wildman–Crippen MR) is 129 cm³/mol. The molecule has 4 aromatic rings. The van der Waals surface area contributed by atoms with E-state index >= 15 is 0 Å². The van der Waals surface area contributed by atoms with Crippen LogP contribution in [0.15, 0.2) is 67.1 Å². The smallest absolute Gasteiger partial charge is 0.155 e. The van der Waals surface area contributed by atoms with E-state index in [-0.39, 0.29) is 18.2 Å². The molecule has 0 saturated carbocycles. The molecule has 3 heterocycles. The topological polar surface area (TPSA) is 81.2 Å². The fraction of sp³-hybridized carbons (Fsp3) is 0.269. The molecule has 1 atom stereocenters. The van der Waals surface area contributed by atoms with Crippen molar-refractivity contribution >= 4 is 5.82 Å². The minimum absolute atomic E-state index is 0.114. The second-order valence-corrected chi connectivity index (χ2v) is 8.48. The van der Waals surface area contributed by atoms with Gasteiger partial charge in [0.25, 0.3) is 0 Å². The number of benzene rings is 2. The third-order valence-electron chi connectivity index (χ3n) is 6.43. The quantitative estimate of drug-likeness (QED) is 0.458. The van der Waals surface area contributed by atoms with Crippen LogP contribution in [0.4, 0.5) is 10.2 Å². The van der Waals surface area contributed by atoms with Crippen molar-refractivity contribution in [2.24, 2.45) is 0 Å². The Hall–Kier alpha value is -3.62. The highest BCUT2D eigenvalue weighted by atomic mass is 19.1. The van der Waals surface area contributed by atoms with Crippen LogP contribution in [0.25, 0.3) is 11.3 Å². The highest BCUT2D eigenvalue weighted by molar-refractivity contribution is 5.72. The van der Waals surface area contributed by atoms with E-state index in [2.05, 4.69) is 61.2 Å². The molecule has 0 amide bonds. The molecule has 0 aliphatic carbocycles. The number of halogens is 1. The van der Waals surface area contributed by atoms with Crippen LogP contribution in [-0.4, -0.2) is 56.4 Å². The van der Waals surface area contributed by atoms with Gasteiger partial charge in [0.05, 0.1) is 18.8 Å². The number of nitrogens with zero attached hydrogens (tertiary/aromatic N) is 5. The minimum Gasteiger partial charge on any atom is -0.392 e. The van der Waals surface area contributed by atoms with Crippen LogP contribution in [0.2, 0.25) is 0 Å². The Balaban J connectivity index is 1.39. The zero-order chi connectivity index (χ0) is 23.5. The summed E-state index contributed by atoms with van der Waals surface area (Å²) in [4.78, 5) is 13.8. The lowest BCUT2D eigenvalue weighted by molar-refractivity contribution is 0.211. The first-order valence-corrected chi connectivity index (χ1v) is 11.4. The van der Waals surface area contributed by atoms with Crippen molar-refractivity contribution < 1.29 is 9.50 Å². The van der Waals surface area contributed by atoms with Crippen molar-refractivity contribution in [1.29, 1.82) is 0 Å². The lowest BCUT2D eigenvalue weighted by atomic mass is 9.97. The highest BCUT2D eigenvalue weighted by Gasteiger charge is 2.29. The number of aliphatic hydroxyl groups is 1. The molecule has 1 unspecified atom stereocenters. The van der Waals surface area contributed by atoms with Gasteiger partial charge in [0.1, 0.15) is 11.5 Å². The summed E-state index contributed by atoms with van der Waals surface area (Å²) in [5.74, 6) is 0.302. The number of aryl methyl sites for hydroxylation is 1. The maximum atomic E-state index is 14.3. The van der Waals surface area contributed by atoms with E-state index < -0.39 is 5.82 Å². The molecule has 174 valence electrons. The van der Waals surface area contributed by atoms with Gasteiger partial charge in [-0.2, -0.15) is 5.10 Å². The number of nitrogens with one attached hydrogen (secondary N) is 1. The van der Waals surface area contributed by atoms with E-state index in [1.54, 1.807) is 24.5 Å². The number of hydrogen-bond acceptors (Lipinski definition) is 6. The van der Waals surface area contributed by atoms with Crippen LogP contribution in [0.1, 0.15) is 28.4 Å². The van der Waals surface area contributed by atoms with E-state index in [4.69, 9.17) is 0 Å². The van der Waals surface area contributed by atoms with Crippen LogP contribution in [0.5, 0.6) is 0 Å². The fourth-order valence-corrected chi connectivity index (χ4v) is 4.64. The Morgan fingerprint density at radius 2 is 1.79 bits per heavy atom. The number of aromatic amines is 1. The average Bonchev–Trinajstić information content (AvgIpc) is 3.30. The fourth-order valence-electron chi connectivity index (χ4n) is 4.64. The van der Waals surface area contributed by atoms with Crippen LogP contribution in [-0.2, 0) is 6.61 Å². The third-order valence-corrected chi connectivity index (χ3v) is 6.43. The third kappa shape index (κ3) is 4.30. The van der Waals surface area contributed by atoms with Gasteiger partial charge in [0.15, 0.2) is 5.82 Å². The number of piperazine rings is 1. The molecule has 1 aliphatic heterocycles. The second-order valence-electron chi connectivity index (χ2n) is 8.48. The van der Waals surface area contributed by atoms with Crippen molar-refractivity contribution in [1.82, 2.24) is 25.1 Å². The average molecular weight is 459 g/mol. The lowest BCUT2D eigenvalue weighted by Crippen LogP contribution is -2.48. The van der Waals surface area contributed by atoms with E-state index in [0.29, 0.717) is 11.3 Å². The van der Waals surface area contributed by atoms with Gasteiger partial charge >= 0.3 is 0 Å². The maximum absolute atomic E-state index is 14.3. The van der Waals surface area contributed by atoms with Crippen molar-refractivity contribution in [3.05, 3.63) is 95.3 Å². The molecule has 1 saturated heterocycles. The lowest BCUT2D eigenvalue weighted by Gasteiger charge is -2.40. The molecule has 1 fully saturated rings. The Morgan fingerprint density at radius 1 is 1.03 bits per heavy atom. The van der Waals surface area contributed by atoms with E-state index in [9.17, 15) is 9.50 Å². The summed E-state index contributed by atoms with van der Waals surface area (Å²) in [7, 11) is 0. The van der Waals surface area contributed by atoms with Crippen molar-refractivity contribution in [2.75, 3.05) is 31.1 Å². The van der Waals surface area contributed by atoms with Gasteiger partial charge < -0.3 is 10.0 Å². The molecule has 0 spiro atoms. The van der Waals surface area contributed by atoms with Gasteiger partial charge in [-0.1, -0.05) is 42.5 Å². The highest BCUT2D eigenvalue weighted by Crippen LogP contribution is 2.33. The van der Waals surface area contributed by atoms with E-state index in [1.165, 1.54) is 17.2 Å². The molecule has 2 aromatic heterocycles. The first-order valence-electron chi connectivity index (χ1n) is 11.4. The Kier molecular flexibility index (Phi) is 6.33. The van der Waals surface area contributed by atoms with E-state index in [1.807, 2.05) is 12.3 Å². The van der Waals surface area contributed by atoms with Crippen LogP contribution in [0.3, 0.4) is 0 Å². The van der Waals surface area contributed by atoms with Gasteiger partial charge in [-0.25, -0.2) is 9.37 Å². The van der Waals surface area contributed by atoms with Gasteiger partial charge in [0.2, 0.25) is 0 Å². The molecule has 5 rings (SSSR count). The summed E-state index contributed by atoms with van der Waals surface area (Å²) < 4.78 is 14.3. The molecule has 0 bridgehead atoms. The maximum Gasteiger partial charge on any atom is 0.155 e. The number of hydrogen-bond donors (Lipinski definition) is 2. The zero-order valence-electron chi connectivity index (χ0n) is 19.0. The Bertz CT molecular complexity index is 1250. The Labute approximate surface area is 197 Å². The molecule has 34 heavy (non-hydrogen) atoms. The monoisotopic (exact) mass is 458 g/mol. The van der Waals surface area contributed by atoms with E-state index in [0.717, 1.165) is 37.7 Å². The SMILES string of the molecule is Cc1[nH]ncc1C(c1ccccc1)N1CCN(c2nccnc2-c2ccc(CO)c(F)c2)CC1. The molecule has 1 aliphatic rings. The van der Waals surface area contributed by atoms with Crippen molar-refractivity contribution in [3.8, 4) is 11.3 Å². The standard InChI is InChI=1S/C26H27FN6O/c1-18-22(16-30-31-18)25(19-5-3-2-4-6-19)32-11-13-33(14-12-32)26-24(28-9-10-29-26)20-7-8-21(17-34)23(27)15-20/h2-10,15-16,25,34H,11-14,17H2,1H3,(H,30,31). The number of aromatic nitrogens is 4. The number of rotatable bonds is 6. The summed E-state index contributed by atoms with van der Waals surface area (Å²) >= 11 is 0. The molecule has 0 radical (unpaired) electrons. The van der Waals surface area contributed by atoms with Gasteiger partial charge in [-0.3, -0.25) is 15.0 Å². The Morgan fingerprint density at radius 3 is 2.47 bits per heavy atom. The van der Waals surface area contributed by atoms with Crippen LogP contribution < -0.4 is 4.90 Å². The molecular formula is C26H27FN6O. The number of anilines is 1. The van der Waals surface area contributed by atoms with Gasteiger partial charge in [-0.05, 0) is 18.6 Å².